The molecule has 1 atom stereocenters. The molecular formula is C18H27FN2O4. The van der Waals surface area contributed by atoms with Crippen LogP contribution in [0.3, 0.4) is 0 Å². The molecule has 1 fully saturated rings. The van der Waals surface area contributed by atoms with Gasteiger partial charge in [0.2, 0.25) is 0 Å². The first-order chi connectivity index (χ1) is 12.1. The fourth-order valence-corrected chi connectivity index (χ4v) is 3.20. The first-order valence-corrected chi connectivity index (χ1v) is 8.67. The molecule has 6 nitrogen and oxygen atoms in total. The fourth-order valence-electron chi connectivity index (χ4n) is 3.20. The highest BCUT2D eigenvalue weighted by molar-refractivity contribution is 5.76. The van der Waals surface area contributed by atoms with Crippen LogP contribution < -0.4 is 4.74 Å². The number of carboxylic acid groups (broad SMARTS) is 1. The Kier molecular flexibility index (Phi) is 7.61. The number of benzene rings is 1. The summed E-state index contributed by atoms with van der Waals surface area (Å²) in [6, 6.07) is 3.07. The Balaban J connectivity index is 2.08. The van der Waals surface area contributed by atoms with Crippen molar-refractivity contribution in [1.82, 2.24) is 9.80 Å². The molecule has 1 heterocycles. The second-order valence-corrected chi connectivity index (χ2v) is 6.06. The van der Waals surface area contributed by atoms with Crippen molar-refractivity contribution in [3.63, 3.8) is 0 Å². The molecule has 1 aromatic rings. The van der Waals surface area contributed by atoms with E-state index < -0.39 is 17.8 Å². The summed E-state index contributed by atoms with van der Waals surface area (Å²) in [4.78, 5) is 16.1. The van der Waals surface area contributed by atoms with E-state index >= 15 is 0 Å². The van der Waals surface area contributed by atoms with Gasteiger partial charge in [0.1, 0.15) is 17.6 Å². The van der Waals surface area contributed by atoms with Gasteiger partial charge in [-0.3, -0.25) is 14.6 Å². The van der Waals surface area contributed by atoms with E-state index in [4.69, 9.17) is 9.47 Å². The molecule has 2 rings (SSSR count). The number of nitrogens with zero attached hydrogens (tertiary/aromatic N) is 2. The Morgan fingerprint density at radius 3 is 2.76 bits per heavy atom. The molecule has 0 aromatic heterocycles. The highest BCUT2D eigenvalue weighted by Crippen LogP contribution is 2.30. The highest BCUT2D eigenvalue weighted by Gasteiger charge is 2.29. The third-order valence-electron chi connectivity index (χ3n) is 4.51. The topological polar surface area (TPSA) is 62.2 Å². The van der Waals surface area contributed by atoms with Crippen LogP contribution in [0.15, 0.2) is 18.2 Å². The molecule has 0 saturated carbocycles. The Morgan fingerprint density at radius 2 is 2.16 bits per heavy atom. The Hall–Kier alpha value is -1.70. The van der Waals surface area contributed by atoms with Crippen LogP contribution in [0, 0.1) is 5.82 Å². The van der Waals surface area contributed by atoms with Crippen molar-refractivity contribution < 1.29 is 23.8 Å². The number of morpholine rings is 1. The zero-order valence-corrected chi connectivity index (χ0v) is 14.9. The maximum absolute atomic E-state index is 13.7. The Bertz CT molecular complexity index is 564. The third-order valence-corrected chi connectivity index (χ3v) is 4.51. The molecule has 1 aliphatic heterocycles. The fraction of sp³-hybridized carbons (Fsp3) is 0.611. The van der Waals surface area contributed by atoms with Crippen molar-refractivity contribution in [2.24, 2.45) is 0 Å². The SMILES string of the molecule is CCN(CCCN1CCOCC1)C(C(=O)O)c1cc(F)ccc1OC. The number of ether oxygens (including phenoxy) is 2. The lowest BCUT2D eigenvalue weighted by atomic mass is 10.0. The minimum Gasteiger partial charge on any atom is -0.496 e. The van der Waals surface area contributed by atoms with Gasteiger partial charge >= 0.3 is 5.97 Å². The lowest BCUT2D eigenvalue weighted by Crippen LogP contribution is -2.39. The van der Waals surface area contributed by atoms with Gasteiger partial charge in [0.25, 0.3) is 0 Å². The Morgan fingerprint density at radius 1 is 1.44 bits per heavy atom. The molecule has 0 radical (unpaired) electrons. The first-order valence-electron chi connectivity index (χ1n) is 8.67. The van der Waals surface area contributed by atoms with E-state index in [1.165, 1.54) is 25.3 Å². The summed E-state index contributed by atoms with van der Waals surface area (Å²) >= 11 is 0. The number of aliphatic carboxylic acids is 1. The molecule has 0 spiro atoms. The van der Waals surface area contributed by atoms with Crippen LogP contribution in [0.4, 0.5) is 4.39 Å². The van der Waals surface area contributed by atoms with E-state index in [0.29, 0.717) is 24.4 Å². The van der Waals surface area contributed by atoms with Gasteiger partial charge in [-0.25, -0.2) is 4.39 Å². The van der Waals surface area contributed by atoms with Gasteiger partial charge in [-0.1, -0.05) is 6.92 Å². The van der Waals surface area contributed by atoms with Gasteiger partial charge < -0.3 is 14.6 Å². The van der Waals surface area contributed by atoms with Gasteiger partial charge in [0, 0.05) is 25.2 Å². The highest BCUT2D eigenvalue weighted by atomic mass is 19.1. The molecule has 1 saturated heterocycles. The predicted octanol–water partition coefficient (Wildman–Crippen LogP) is 2.00. The summed E-state index contributed by atoms with van der Waals surface area (Å²) in [6.07, 6.45) is 0.843. The number of halogens is 1. The smallest absolute Gasteiger partial charge is 0.325 e. The van der Waals surface area contributed by atoms with Gasteiger partial charge in [-0.15, -0.1) is 0 Å². The number of hydrogen-bond acceptors (Lipinski definition) is 5. The second kappa shape index (κ2) is 9.70. The number of rotatable bonds is 9. The molecule has 0 bridgehead atoms. The lowest BCUT2D eigenvalue weighted by molar-refractivity contribution is -0.143. The molecular weight excluding hydrogens is 327 g/mol. The Labute approximate surface area is 148 Å². The van der Waals surface area contributed by atoms with E-state index in [-0.39, 0.29) is 0 Å². The van der Waals surface area contributed by atoms with E-state index in [2.05, 4.69) is 4.90 Å². The number of hydrogen-bond donors (Lipinski definition) is 1. The molecule has 1 aromatic carbocycles. The van der Waals surface area contributed by atoms with Crippen LogP contribution in [0.2, 0.25) is 0 Å². The summed E-state index contributed by atoms with van der Waals surface area (Å²) in [5.74, 6) is -1.08. The summed E-state index contributed by atoms with van der Waals surface area (Å²) in [7, 11) is 1.46. The third kappa shape index (κ3) is 5.39. The predicted molar refractivity (Wildman–Crippen MR) is 92.5 cm³/mol. The van der Waals surface area contributed by atoms with Crippen molar-refractivity contribution in [3.8, 4) is 5.75 Å². The zero-order valence-electron chi connectivity index (χ0n) is 14.9. The average Bonchev–Trinajstić information content (AvgIpc) is 2.61. The molecule has 1 N–H and O–H groups in total. The van der Waals surface area contributed by atoms with Crippen molar-refractivity contribution in [2.75, 3.05) is 53.0 Å². The van der Waals surface area contributed by atoms with Crippen LogP contribution >= 0.6 is 0 Å². The van der Waals surface area contributed by atoms with Crippen molar-refractivity contribution in [2.45, 2.75) is 19.4 Å². The van der Waals surface area contributed by atoms with E-state index in [1.54, 1.807) is 0 Å². The van der Waals surface area contributed by atoms with Gasteiger partial charge in [-0.05, 0) is 37.7 Å². The maximum atomic E-state index is 13.7. The molecule has 25 heavy (non-hydrogen) atoms. The maximum Gasteiger partial charge on any atom is 0.325 e. The van der Waals surface area contributed by atoms with E-state index in [1.807, 2.05) is 11.8 Å². The molecule has 7 heteroatoms. The molecule has 0 amide bonds. The summed E-state index contributed by atoms with van der Waals surface area (Å²) in [5, 5.41) is 9.74. The molecule has 1 unspecified atom stereocenters. The van der Waals surface area contributed by atoms with Crippen LogP contribution in [-0.4, -0.2) is 73.9 Å². The van der Waals surface area contributed by atoms with Crippen molar-refractivity contribution >= 4 is 5.97 Å². The lowest BCUT2D eigenvalue weighted by Gasteiger charge is -2.31. The number of methoxy groups -OCH3 is 1. The minimum atomic E-state index is -1.00. The van der Waals surface area contributed by atoms with Crippen molar-refractivity contribution in [3.05, 3.63) is 29.6 Å². The van der Waals surface area contributed by atoms with Gasteiger partial charge in [0.05, 0.1) is 20.3 Å². The summed E-state index contributed by atoms with van der Waals surface area (Å²) in [5.41, 5.74) is 0.350. The minimum absolute atomic E-state index is 0.350. The van der Waals surface area contributed by atoms with Crippen LogP contribution in [0.5, 0.6) is 5.75 Å². The molecule has 0 aliphatic carbocycles. The van der Waals surface area contributed by atoms with Crippen LogP contribution in [0.1, 0.15) is 24.9 Å². The zero-order chi connectivity index (χ0) is 18.2. The van der Waals surface area contributed by atoms with Gasteiger partial charge in [-0.2, -0.15) is 0 Å². The van der Waals surface area contributed by atoms with E-state index in [9.17, 15) is 14.3 Å². The number of carboxylic acids is 1. The average molecular weight is 354 g/mol. The monoisotopic (exact) mass is 354 g/mol. The molecule has 140 valence electrons. The van der Waals surface area contributed by atoms with Crippen LogP contribution in [0.25, 0.3) is 0 Å². The quantitative estimate of drug-likeness (QED) is 0.732. The summed E-state index contributed by atoms with van der Waals surface area (Å²) in [6.45, 7) is 7.29. The van der Waals surface area contributed by atoms with Gasteiger partial charge in [0.15, 0.2) is 0 Å². The normalized spacial score (nSPS) is 16.8. The summed E-state index contributed by atoms with van der Waals surface area (Å²) < 4.78 is 24.3. The van der Waals surface area contributed by atoms with E-state index in [0.717, 1.165) is 39.3 Å². The first kappa shape index (κ1) is 19.6. The number of likely N-dealkylation sites (N-methyl/N-ethyl adjacent to an activating group) is 1. The molecule has 1 aliphatic rings. The van der Waals surface area contributed by atoms with Crippen LogP contribution in [-0.2, 0) is 9.53 Å². The largest absolute Gasteiger partial charge is 0.496 e. The second-order valence-electron chi connectivity index (χ2n) is 6.06. The number of carbonyl (C=O) groups is 1. The van der Waals surface area contributed by atoms with Crippen molar-refractivity contribution in [1.29, 1.82) is 0 Å². The standard InChI is InChI=1S/C18H27FN2O4/c1-3-21(8-4-7-20-9-11-25-12-10-20)17(18(22)23)15-13-14(19)5-6-16(15)24-2/h5-6,13,17H,3-4,7-12H2,1-2H3,(H,22,23).